The highest BCUT2D eigenvalue weighted by Crippen LogP contribution is 2.23. The first-order valence-corrected chi connectivity index (χ1v) is 7.29. The highest BCUT2D eigenvalue weighted by molar-refractivity contribution is 5.29. The number of benzene rings is 1. The molecule has 108 valence electrons. The first-order chi connectivity index (χ1) is 9.12. The fourth-order valence-corrected chi connectivity index (χ4v) is 2.39. The zero-order valence-corrected chi connectivity index (χ0v) is 12.7. The van der Waals surface area contributed by atoms with Crippen molar-refractivity contribution in [3.63, 3.8) is 0 Å². The zero-order valence-electron chi connectivity index (χ0n) is 12.7. The summed E-state index contributed by atoms with van der Waals surface area (Å²) in [5.74, 6) is 1.57. The van der Waals surface area contributed by atoms with Crippen LogP contribution in [0.2, 0.25) is 0 Å². The topological polar surface area (TPSA) is 38.5 Å². The maximum Gasteiger partial charge on any atom is 0.119 e. The van der Waals surface area contributed by atoms with E-state index < -0.39 is 0 Å². The molecule has 0 aliphatic heterocycles. The Hall–Kier alpha value is -1.06. The Morgan fingerprint density at radius 1 is 1.16 bits per heavy atom. The van der Waals surface area contributed by atoms with Crippen LogP contribution in [0.4, 0.5) is 0 Å². The molecule has 1 rings (SSSR count). The molecule has 0 fully saturated rings. The van der Waals surface area contributed by atoms with Gasteiger partial charge in [0.2, 0.25) is 0 Å². The summed E-state index contributed by atoms with van der Waals surface area (Å²) in [5, 5.41) is 0. The number of nitrogens with two attached hydrogens (primary N) is 1. The van der Waals surface area contributed by atoms with Crippen LogP contribution in [0.15, 0.2) is 24.3 Å². The normalized spacial score (nSPS) is 13.0. The lowest BCUT2D eigenvalue weighted by atomic mass is 10.0. The van der Waals surface area contributed by atoms with E-state index >= 15 is 0 Å². The van der Waals surface area contributed by atoms with Gasteiger partial charge in [0.25, 0.3) is 0 Å². The highest BCUT2D eigenvalue weighted by atomic mass is 16.5. The lowest BCUT2D eigenvalue weighted by Crippen LogP contribution is -2.36. The van der Waals surface area contributed by atoms with Crippen molar-refractivity contribution in [2.75, 3.05) is 26.2 Å². The molecule has 3 nitrogen and oxygen atoms in total. The molecule has 1 aromatic carbocycles. The van der Waals surface area contributed by atoms with Crippen molar-refractivity contribution in [2.24, 2.45) is 11.7 Å². The van der Waals surface area contributed by atoms with Crippen molar-refractivity contribution in [2.45, 2.75) is 33.7 Å². The quantitative estimate of drug-likeness (QED) is 0.784. The van der Waals surface area contributed by atoms with Crippen molar-refractivity contribution in [3.8, 4) is 5.75 Å². The van der Waals surface area contributed by atoms with E-state index in [2.05, 4.69) is 37.8 Å². The van der Waals surface area contributed by atoms with Gasteiger partial charge in [0, 0.05) is 19.1 Å². The second kappa shape index (κ2) is 8.18. The van der Waals surface area contributed by atoms with E-state index in [-0.39, 0.29) is 0 Å². The first kappa shape index (κ1) is 16.0. The monoisotopic (exact) mass is 264 g/mol. The summed E-state index contributed by atoms with van der Waals surface area (Å²) >= 11 is 0. The van der Waals surface area contributed by atoms with Gasteiger partial charge in [-0.05, 0) is 37.1 Å². The smallest absolute Gasteiger partial charge is 0.119 e. The van der Waals surface area contributed by atoms with Gasteiger partial charge in [0.1, 0.15) is 5.75 Å². The summed E-state index contributed by atoms with van der Waals surface area (Å²) in [4.78, 5) is 2.44. The van der Waals surface area contributed by atoms with Gasteiger partial charge in [-0.1, -0.05) is 32.9 Å². The molecule has 19 heavy (non-hydrogen) atoms. The third-order valence-corrected chi connectivity index (χ3v) is 3.25. The van der Waals surface area contributed by atoms with Crippen LogP contribution in [0, 0.1) is 5.92 Å². The second-order valence-electron chi connectivity index (χ2n) is 5.23. The Bertz CT molecular complexity index is 348. The molecule has 0 radical (unpaired) electrons. The van der Waals surface area contributed by atoms with Gasteiger partial charge in [0.05, 0.1) is 6.61 Å². The summed E-state index contributed by atoms with van der Waals surface area (Å²) in [6.45, 7) is 12.1. The average molecular weight is 264 g/mol. The first-order valence-electron chi connectivity index (χ1n) is 7.29. The van der Waals surface area contributed by atoms with E-state index in [1.165, 1.54) is 5.56 Å². The van der Waals surface area contributed by atoms with Crippen molar-refractivity contribution >= 4 is 0 Å². The van der Waals surface area contributed by atoms with Crippen LogP contribution in [-0.4, -0.2) is 31.1 Å². The molecule has 0 aromatic heterocycles. The number of hydrogen-bond acceptors (Lipinski definition) is 3. The molecule has 0 spiro atoms. The minimum absolute atomic E-state index is 0.295. The van der Waals surface area contributed by atoms with E-state index in [4.69, 9.17) is 10.5 Å². The van der Waals surface area contributed by atoms with Crippen molar-refractivity contribution in [1.82, 2.24) is 4.90 Å². The molecule has 2 N–H and O–H groups in total. The molecule has 1 atom stereocenters. The van der Waals surface area contributed by atoms with Crippen LogP contribution in [0.3, 0.4) is 0 Å². The van der Waals surface area contributed by atoms with Gasteiger partial charge in [-0.15, -0.1) is 0 Å². The molecule has 0 aliphatic carbocycles. The Morgan fingerprint density at radius 2 is 1.79 bits per heavy atom. The summed E-state index contributed by atoms with van der Waals surface area (Å²) in [6.07, 6.45) is 0. The SMILES string of the molecule is CCOc1ccc(C(CN)N(CC)CC(C)C)cc1. The van der Waals surface area contributed by atoms with Crippen molar-refractivity contribution in [1.29, 1.82) is 0 Å². The summed E-state index contributed by atoms with van der Waals surface area (Å²) in [6, 6.07) is 8.62. The zero-order chi connectivity index (χ0) is 14.3. The van der Waals surface area contributed by atoms with E-state index in [1.54, 1.807) is 0 Å². The molecule has 0 heterocycles. The molecular weight excluding hydrogens is 236 g/mol. The number of rotatable bonds is 8. The molecule has 0 aliphatic rings. The predicted octanol–water partition coefficient (Wildman–Crippen LogP) is 3.06. The van der Waals surface area contributed by atoms with Gasteiger partial charge in [-0.2, -0.15) is 0 Å². The van der Waals surface area contributed by atoms with Crippen LogP contribution in [0.5, 0.6) is 5.75 Å². The van der Waals surface area contributed by atoms with Gasteiger partial charge < -0.3 is 10.5 Å². The molecule has 0 amide bonds. The molecule has 1 aromatic rings. The highest BCUT2D eigenvalue weighted by Gasteiger charge is 2.18. The van der Waals surface area contributed by atoms with Gasteiger partial charge in [-0.25, -0.2) is 0 Å². The summed E-state index contributed by atoms with van der Waals surface area (Å²) in [5.41, 5.74) is 7.25. The molecule has 0 saturated heterocycles. The van der Waals surface area contributed by atoms with Crippen LogP contribution in [0.1, 0.15) is 39.3 Å². The number of likely N-dealkylation sites (N-methyl/N-ethyl adjacent to an activating group) is 1. The number of nitrogens with zero attached hydrogens (tertiary/aromatic N) is 1. The van der Waals surface area contributed by atoms with E-state index in [0.717, 1.165) is 18.8 Å². The third-order valence-electron chi connectivity index (χ3n) is 3.25. The third kappa shape index (κ3) is 4.84. The minimum Gasteiger partial charge on any atom is -0.494 e. The fourth-order valence-electron chi connectivity index (χ4n) is 2.39. The van der Waals surface area contributed by atoms with Crippen LogP contribution in [-0.2, 0) is 0 Å². The predicted molar refractivity (Wildman–Crippen MR) is 81.5 cm³/mol. The summed E-state index contributed by atoms with van der Waals surface area (Å²) in [7, 11) is 0. The Kier molecular flexibility index (Phi) is 6.89. The largest absolute Gasteiger partial charge is 0.494 e. The van der Waals surface area contributed by atoms with E-state index in [0.29, 0.717) is 25.1 Å². The Labute approximate surface area is 117 Å². The summed E-state index contributed by atoms with van der Waals surface area (Å²) < 4.78 is 5.48. The Morgan fingerprint density at radius 3 is 2.21 bits per heavy atom. The van der Waals surface area contributed by atoms with E-state index in [1.807, 2.05) is 19.1 Å². The molecular formula is C16H28N2O. The van der Waals surface area contributed by atoms with Gasteiger partial charge in [0.15, 0.2) is 0 Å². The lowest BCUT2D eigenvalue weighted by molar-refractivity contribution is 0.189. The molecule has 0 bridgehead atoms. The Balaban J connectivity index is 2.82. The van der Waals surface area contributed by atoms with Crippen molar-refractivity contribution < 1.29 is 4.74 Å². The number of ether oxygens (including phenoxy) is 1. The van der Waals surface area contributed by atoms with Gasteiger partial charge >= 0.3 is 0 Å². The maximum atomic E-state index is 5.98. The van der Waals surface area contributed by atoms with Crippen molar-refractivity contribution in [3.05, 3.63) is 29.8 Å². The van der Waals surface area contributed by atoms with Gasteiger partial charge in [-0.3, -0.25) is 4.90 Å². The fraction of sp³-hybridized carbons (Fsp3) is 0.625. The minimum atomic E-state index is 0.295. The molecule has 3 heteroatoms. The van der Waals surface area contributed by atoms with Crippen LogP contribution >= 0.6 is 0 Å². The lowest BCUT2D eigenvalue weighted by Gasteiger charge is -2.31. The molecule has 1 unspecified atom stereocenters. The van der Waals surface area contributed by atoms with Crippen LogP contribution in [0.25, 0.3) is 0 Å². The van der Waals surface area contributed by atoms with Crippen LogP contribution < -0.4 is 10.5 Å². The average Bonchev–Trinajstić information content (AvgIpc) is 2.40. The number of hydrogen-bond donors (Lipinski definition) is 1. The van der Waals surface area contributed by atoms with E-state index in [9.17, 15) is 0 Å². The molecule has 0 saturated carbocycles. The second-order valence-corrected chi connectivity index (χ2v) is 5.23. The maximum absolute atomic E-state index is 5.98. The standard InChI is InChI=1S/C16H28N2O/c1-5-18(12-13(3)4)16(11-17)14-7-9-15(10-8-14)19-6-2/h7-10,13,16H,5-6,11-12,17H2,1-4H3.